The SMILES string of the molecule is OC[C@H]1O[C@@H](n2cnc3c2NC=NC[C@H]3O)C[C@@H]1O.c1ccc2nc3ccccc3cc2c1.c1ccccc1. The van der Waals surface area contributed by atoms with Crippen LogP contribution in [0.3, 0.4) is 0 Å². The largest absolute Gasteiger partial charge is 0.394 e. The predicted molar refractivity (Wildman–Crippen MR) is 151 cm³/mol. The molecule has 1 saturated heterocycles. The fourth-order valence-corrected chi connectivity index (χ4v) is 4.49. The number of anilines is 1. The second kappa shape index (κ2) is 12.6. The number of nitrogens with one attached hydrogen (secondary N) is 1. The first-order valence-electron chi connectivity index (χ1n) is 12.8. The van der Waals surface area contributed by atoms with Crippen molar-refractivity contribution in [3.05, 3.63) is 103 Å². The maximum atomic E-state index is 9.89. The van der Waals surface area contributed by atoms with E-state index in [0.717, 1.165) is 11.0 Å². The van der Waals surface area contributed by atoms with Gasteiger partial charge in [0.25, 0.3) is 0 Å². The minimum atomic E-state index is -0.762. The zero-order valence-corrected chi connectivity index (χ0v) is 21.3. The van der Waals surface area contributed by atoms with Crippen LogP contribution in [0.2, 0.25) is 0 Å². The van der Waals surface area contributed by atoms with Crippen LogP contribution in [0, 0.1) is 0 Å². The number of aliphatic hydroxyl groups is 3. The number of benzene rings is 3. The van der Waals surface area contributed by atoms with Crippen LogP contribution in [0.4, 0.5) is 5.82 Å². The van der Waals surface area contributed by atoms with E-state index in [0.29, 0.717) is 17.9 Å². The molecule has 1 fully saturated rings. The first-order valence-corrected chi connectivity index (χ1v) is 12.8. The lowest BCUT2D eigenvalue weighted by Gasteiger charge is -2.16. The lowest BCUT2D eigenvalue weighted by molar-refractivity contribution is -0.0437. The van der Waals surface area contributed by atoms with Gasteiger partial charge in [-0.1, -0.05) is 72.8 Å². The number of para-hydroxylation sites is 2. The molecule has 3 aromatic carbocycles. The Morgan fingerprint density at radius 2 is 1.49 bits per heavy atom. The average Bonchev–Trinajstić information content (AvgIpc) is 3.53. The summed E-state index contributed by atoms with van der Waals surface area (Å²) in [5.41, 5.74) is 2.63. The Bertz CT molecular complexity index is 1390. The van der Waals surface area contributed by atoms with Gasteiger partial charge in [0, 0.05) is 17.2 Å². The van der Waals surface area contributed by atoms with E-state index in [-0.39, 0.29) is 13.2 Å². The molecule has 2 aliphatic heterocycles. The fraction of sp³-hybridized carbons (Fsp3) is 0.233. The van der Waals surface area contributed by atoms with Crippen LogP contribution in [0.1, 0.15) is 24.4 Å². The van der Waals surface area contributed by atoms with Crippen LogP contribution in [0.5, 0.6) is 0 Å². The zero-order valence-electron chi connectivity index (χ0n) is 21.3. The quantitative estimate of drug-likeness (QED) is 0.256. The molecule has 39 heavy (non-hydrogen) atoms. The molecule has 200 valence electrons. The number of pyridine rings is 1. The zero-order chi connectivity index (χ0) is 27.0. The summed E-state index contributed by atoms with van der Waals surface area (Å²) in [6.07, 6.45) is 0.935. The van der Waals surface area contributed by atoms with E-state index in [1.807, 2.05) is 72.8 Å². The van der Waals surface area contributed by atoms with E-state index >= 15 is 0 Å². The lowest BCUT2D eigenvalue weighted by atomic mass is 10.1. The summed E-state index contributed by atoms with van der Waals surface area (Å²) in [6.45, 7) is 0.0243. The van der Waals surface area contributed by atoms with Gasteiger partial charge in [-0.15, -0.1) is 0 Å². The lowest BCUT2D eigenvalue weighted by Crippen LogP contribution is -2.24. The van der Waals surface area contributed by atoms with Crippen molar-refractivity contribution in [2.45, 2.75) is 31.0 Å². The normalized spacial score (nSPS) is 21.6. The van der Waals surface area contributed by atoms with Crippen molar-refractivity contribution >= 4 is 34.0 Å². The van der Waals surface area contributed by atoms with Crippen LogP contribution in [-0.2, 0) is 4.74 Å². The Hall–Kier alpha value is -4.15. The van der Waals surface area contributed by atoms with Gasteiger partial charge in [-0.3, -0.25) is 9.56 Å². The Labute approximate surface area is 226 Å². The Balaban J connectivity index is 0.000000134. The first-order chi connectivity index (χ1) is 19.1. The topological polar surface area (TPSA) is 125 Å². The van der Waals surface area contributed by atoms with Crippen molar-refractivity contribution in [1.29, 1.82) is 0 Å². The maximum absolute atomic E-state index is 9.89. The molecule has 2 aliphatic rings. The second-order valence-electron chi connectivity index (χ2n) is 9.18. The van der Waals surface area contributed by atoms with Crippen molar-refractivity contribution in [2.24, 2.45) is 4.99 Å². The highest BCUT2D eigenvalue weighted by molar-refractivity contribution is 5.92. The van der Waals surface area contributed by atoms with Crippen LogP contribution in [0.15, 0.2) is 102 Å². The van der Waals surface area contributed by atoms with Crippen molar-refractivity contribution in [2.75, 3.05) is 18.5 Å². The van der Waals surface area contributed by atoms with Crippen molar-refractivity contribution < 1.29 is 20.1 Å². The summed E-state index contributed by atoms with van der Waals surface area (Å²) in [4.78, 5) is 12.7. The molecule has 4 N–H and O–H groups in total. The van der Waals surface area contributed by atoms with Gasteiger partial charge in [0.15, 0.2) is 0 Å². The van der Waals surface area contributed by atoms with Crippen molar-refractivity contribution in [3.8, 4) is 0 Å². The Kier molecular flexibility index (Phi) is 8.55. The third-order valence-corrected chi connectivity index (χ3v) is 6.50. The molecule has 0 spiro atoms. The van der Waals surface area contributed by atoms with E-state index in [9.17, 15) is 10.2 Å². The summed E-state index contributed by atoms with van der Waals surface area (Å²) in [5.74, 6) is 0.601. The molecule has 0 unspecified atom stereocenters. The van der Waals surface area contributed by atoms with Crippen molar-refractivity contribution in [3.63, 3.8) is 0 Å². The number of hydrogen-bond donors (Lipinski definition) is 4. The van der Waals surface area contributed by atoms with Gasteiger partial charge in [-0.2, -0.15) is 0 Å². The van der Waals surface area contributed by atoms with Gasteiger partial charge >= 0.3 is 0 Å². The van der Waals surface area contributed by atoms with Crippen molar-refractivity contribution in [1.82, 2.24) is 14.5 Å². The van der Waals surface area contributed by atoms with Crippen LogP contribution in [-0.4, -0.2) is 61.6 Å². The molecule has 0 bridgehead atoms. The fourth-order valence-electron chi connectivity index (χ4n) is 4.49. The van der Waals surface area contributed by atoms with Crippen LogP contribution in [0.25, 0.3) is 21.8 Å². The molecule has 0 saturated carbocycles. The third-order valence-electron chi connectivity index (χ3n) is 6.50. The van der Waals surface area contributed by atoms with E-state index in [4.69, 9.17) is 9.84 Å². The molecule has 0 amide bonds. The van der Waals surface area contributed by atoms with Gasteiger partial charge in [-0.05, 0) is 18.2 Å². The Morgan fingerprint density at radius 3 is 2.08 bits per heavy atom. The highest BCUT2D eigenvalue weighted by atomic mass is 16.5. The molecule has 0 radical (unpaired) electrons. The molecule has 0 aliphatic carbocycles. The second-order valence-corrected chi connectivity index (χ2v) is 9.18. The summed E-state index contributed by atoms with van der Waals surface area (Å²) in [6, 6.07) is 30.6. The Morgan fingerprint density at radius 1 is 0.872 bits per heavy atom. The third kappa shape index (κ3) is 6.30. The number of aromatic nitrogens is 3. The van der Waals surface area contributed by atoms with Gasteiger partial charge in [-0.25, -0.2) is 9.97 Å². The number of nitrogens with zero attached hydrogens (tertiary/aromatic N) is 4. The minimum absolute atomic E-state index is 0.230. The molecule has 9 heteroatoms. The number of rotatable bonds is 2. The van der Waals surface area contributed by atoms with Crippen LogP contribution < -0.4 is 5.32 Å². The standard InChI is InChI=1S/C13H9N.C11H16N4O4.C6H6/c1-3-7-12-10(5-1)9-11-6-2-4-8-13(11)14-12;16-3-8-6(17)1-9(19-8)15-5-14-10-7(18)2-12-4-13-11(10)15;1-2-4-6-5-3-1/h1-9H;4-9,16-18H,1-3H2,(H,12,13);1-6H/t;6-,7+,8+,9+;/m.0./s1. The monoisotopic (exact) mass is 525 g/mol. The van der Waals surface area contributed by atoms with E-state index in [2.05, 4.69) is 38.5 Å². The molecule has 9 nitrogen and oxygen atoms in total. The van der Waals surface area contributed by atoms with Crippen LogP contribution >= 0.6 is 0 Å². The first kappa shape index (κ1) is 26.5. The molecule has 4 atom stereocenters. The molecule has 7 rings (SSSR count). The summed E-state index contributed by atoms with van der Waals surface area (Å²) < 4.78 is 7.27. The van der Waals surface area contributed by atoms with Gasteiger partial charge in [0.05, 0.1) is 43.0 Å². The van der Waals surface area contributed by atoms with Gasteiger partial charge in [0.2, 0.25) is 0 Å². The smallest absolute Gasteiger partial charge is 0.139 e. The van der Waals surface area contributed by atoms with E-state index in [1.54, 1.807) is 10.9 Å². The number of aliphatic imine (C=N–C) groups is 1. The number of imidazole rings is 1. The number of ether oxygens (including phenoxy) is 1. The summed E-state index contributed by atoms with van der Waals surface area (Å²) in [5, 5.41) is 34.1. The minimum Gasteiger partial charge on any atom is -0.394 e. The number of fused-ring (bicyclic) bond motifs is 3. The van der Waals surface area contributed by atoms with E-state index in [1.165, 1.54) is 17.1 Å². The highest BCUT2D eigenvalue weighted by Crippen LogP contribution is 2.34. The average molecular weight is 526 g/mol. The predicted octanol–water partition coefficient (Wildman–Crippen LogP) is 4.09. The number of hydrogen-bond acceptors (Lipinski definition) is 8. The molecular weight excluding hydrogens is 494 g/mol. The summed E-state index contributed by atoms with van der Waals surface area (Å²) in [7, 11) is 0. The molecule has 5 aromatic rings. The van der Waals surface area contributed by atoms with E-state index < -0.39 is 24.5 Å². The van der Waals surface area contributed by atoms with Gasteiger partial charge in [0.1, 0.15) is 29.9 Å². The summed E-state index contributed by atoms with van der Waals surface area (Å²) >= 11 is 0. The van der Waals surface area contributed by atoms with Gasteiger partial charge < -0.3 is 25.4 Å². The molecule has 2 aromatic heterocycles. The highest BCUT2D eigenvalue weighted by Gasteiger charge is 2.36. The maximum Gasteiger partial charge on any atom is 0.139 e. The molecule has 4 heterocycles. The number of aliphatic hydroxyl groups excluding tert-OH is 3. The molecular formula is C30H31N5O4.